The Labute approximate surface area is 167 Å². The normalized spacial score (nSPS) is 14.8. The van der Waals surface area contributed by atoms with Crippen molar-refractivity contribution >= 4 is 33.4 Å². The van der Waals surface area contributed by atoms with Crippen molar-refractivity contribution < 1.29 is 14.3 Å². The van der Waals surface area contributed by atoms with Crippen molar-refractivity contribution in [1.29, 1.82) is 0 Å². The summed E-state index contributed by atoms with van der Waals surface area (Å²) in [4.78, 5) is 26.0. The van der Waals surface area contributed by atoms with Crippen molar-refractivity contribution in [3.05, 3.63) is 52.0 Å². The van der Waals surface area contributed by atoms with Gasteiger partial charge in [0.2, 0.25) is 0 Å². The second-order valence-corrected chi connectivity index (χ2v) is 8.42. The molecule has 1 fully saturated rings. The number of fused-ring (bicyclic) bond motifs is 1. The summed E-state index contributed by atoms with van der Waals surface area (Å²) >= 11 is 1.35. The molecule has 7 heteroatoms. The molecular formula is C21H23N3O3S. The van der Waals surface area contributed by atoms with Gasteiger partial charge in [-0.05, 0) is 45.2 Å². The molecule has 1 atom stereocenters. The number of aryl methyl sites for hydroxylation is 2. The fraction of sp³-hybridized carbons (Fsp3) is 0.381. The molecule has 0 bridgehead atoms. The number of aromatic nitrogens is 2. The van der Waals surface area contributed by atoms with Crippen LogP contribution in [0.1, 0.15) is 46.3 Å². The highest BCUT2D eigenvalue weighted by molar-refractivity contribution is 7.20. The Balaban J connectivity index is 1.51. The van der Waals surface area contributed by atoms with Crippen LogP contribution in [0.15, 0.2) is 30.3 Å². The Bertz CT molecular complexity index is 1030. The zero-order chi connectivity index (χ0) is 19.8. The fourth-order valence-electron chi connectivity index (χ4n) is 3.01. The quantitative estimate of drug-likeness (QED) is 0.645. The Morgan fingerprint density at radius 2 is 2.00 bits per heavy atom. The molecule has 2 aromatic heterocycles. The summed E-state index contributed by atoms with van der Waals surface area (Å²) < 4.78 is 7.28. The van der Waals surface area contributed by atoms with E-state index in [9.17, 15) is 9.59 Å². The molecule has 0 radical (unpaired) electrons. The van der Waals surface area contributed by atoms with Crippen molar-refractivity contribution in [1.82, 2.24) is 15.1 Å². The van der Waals surface area contributed by atoms with Gasteiger partial charge in [0.15, 0.2) is 6.10 Å². The van der Waals surface area contributed by atoms with E-state index >= 15 is 0 Å². The van der Waals surface area contributed by atoms with Crippen LogP contribution in [0.5, 0.6) is 0 Å². The summed E-state index contributed by atoms with van der Waals surface area (Å²) in [6, 6.07) is 10.4. The molecule has 0 spiro atoms. The number of nitrogens with zero attached hydrogens (tertiary/aromatic N) is 2. The van der Waals surface area contributed by atoms with Gasteiger partial charge in [-0.25, -0.2) is 4.79 Å². The van der Waals surface area contributed by atoms with E-state index in [1.165, 1.54) is 16.9 Å². The molecule has 1 N–H and O–H groups in total. The summed E-state index contributed by atoms with van der Waals surface area (Å²) in [7, 11) is 0. The lowest BCUT2D eigenvalue weighted by molar-refractivity contribution is -0.129. The molecule has 3 aromatic rings. The number of esters is 1. The zero-order valence-electron chi connectivity index (χ0n) is 16.2. The number of hydrogen-bond donors (Lipinski definition) is 1. The summed E-state index contributed by atoms with van der Waals surface area (Å²) in [6.07, 6.45) is 1.20. The molecular weight excluding hydrogens is 374 g/mol. The molecule has 2 heterocycles. The Morgan fingerprint density at radius 1 is 1.29 bits per heavy atom. The third-order valence-electron chi connectivity index (χ3n) is 4.84. The van der Waals surface area contributed by atoms with Crippen molar-refractivity contribution in [3.63, 3.8) is 0 Å². The predicted octanol–water partition coefficient (Wildman–Crippen LogP) is 3.59. The van der Waals surface area contributed by atoms with Gasteiger partial charge >= 0.3 is 5.97 Å². The molecule has 28 heavy (non-hydrogen) atoms. The first kappa shape index (κ1) is 18.7. The topological polar surface area (TPSA) is 73.2 Å². The Kier molecular flexibility index (Phi) is 4.93. The van der Waals surface area contributed by atoms with Gasteiger partial charge in [0.25, 0.3) is 5.91 Å². The minimum absolute atomic E-state index is 0.237. The summed E-state index contributed by atoms with van der Waals surface area (Å²) in [5.74, 6) is -0.709. The second kappa shape index (κ2) is 7.39. The number of benzene rings is 1. The van der Waals surface area contributed by atoms with Crippen molar-refractivity contribution in [2.45, 2.75) is 52.3 Å². The van der Waals surface area contributed by atoms with E-state index in [1.807, 2.05) is 17.7 Å². The van der Waals surface area contributed by atoms with E-state index in [0.717, 1.165) is 34.3 Å². The van der Waals surface area contributed by atoms with Crippen LogP contribution in [0.25, 0.3) is 10.2 Å². The lowest BCUT2D eigenvalue weighted by Crippen LogP contribution is -2.36. The molecule has 1 aliphatic carbocycles. The summed E-state index contributed by atoms with van der Waals surface area (Å²) in [6.45, 7) is 6.23. The molecule has 1 saturated carbocycles. The molecule has 1 amide bonds. The average Bonchev–Trinajstić information content (AvgIpc) is 3.27. The number of carbonyl (C=O) groups is 2. The number of ether oxygens (including phenoxy) is 1. The first-order valence-electron chi connectivity index (χ1n) is 9.44. The number of carbonyl (C=O) groups excluding carboxylic acids is 2. The maximum Gasteiger partial charge on any atom is 0.349 e. The van der Waals surface area contributed by atoms with E-state index in [1.54, 1.807) is 6.92 Å². The maximum absolute atomic E-state index is 12.5. The predicted molar refractivity (Wildman–Crippen MR) is 109 cm³/mol. The minimum Gasteiger partial charge on any atom is -0.448 e. The van der Waals surface area contributed by atoms with Gasteiger partial charge in [-0.15, -0.1) is 11.3 Å². The highest BCUT2D eigenvalue weighted by atomic mass is 32.1. The van der Waals surface area contributed by atoms with E-state index in [4.69, 9.17) is 4.74 Å². The number of amides is 1. The first-order valence-corrected chi connectivity index (χ1v) is 10.3. The molecule has 0 unspecified atom stereocenters. The summed E-state index contributed by atoms with van der Waals surface area (Å²) in [5, 5.41) is 8.41. The smallest absolute Gasteiger partial charge is 0.349 e. The van der Waals surface area contributed by atoms with Crippen molar-refractivity contribution in [3.8, 4) is 0 Å². The van der Waals surface area contributed by atoms with Crippen LogP contribution in [0.2, 0.25) is 0 Å². The monoisotopic (exact) mass is 397 g/mol. The van der Waals surface area contributed by atoms with Gasteiger partial charge < -0.3 is 10.1 Å². The van der Waals surface area contributed by atoms with Gasteiger partial charge in [0.05, 0.1) is 12.2 Å². The lowest BCUT2D eigenvalue weighted by Gasteiger charge is -2.12. The van der Waals surface area contributed by atoms with Crippen LogP contribution in [-0.2, 0) is 16.1 Å². The number of rotatable bonds is 6. The van der Waals surface area contributed by atoms with Gasteiger partial charge in [-0.3, -0.25) is 9.48 Å². The maximum atomic E-state index is 12.5. The van der Waals surface area contributed by atoms with Gasteiger partial charge in [-0.2, -0.15) is 5.10 Å². The second-order valence-electron chi connectivity index (χ2n) is 7.39. The first-order chi connectivity index (χ1) is 13.4. The molecule has 146 valence electrons. The third kappa shape index (κ3) is 3.94. The molecule has 4 rings (SSSR count). The highest BCUT2D eigenvalue weighted by Gasteiger charge is 2.28. The number of thiophene rings is 1. The molecule has 1 aromatic carbocycles. The van der Waals surface area contributed by atoms with E-state index in [0.29, 0.717) is 11.4 Å². The van der Waals surface area contributed by atoms with E-state index in [-0.39, 0.29) is 11.9 Å². The molecule has 0 aliphatic heterocycles. The van der Waals surface area contributed by atoms with E-state index < -0.39 is 12.1 Å². The minimum atomic E-state index is -0.802. The number of hydrogen-bond acceptors (Lipinski definition) is 5. The summed E-state index contributed by atoms with van der Waals surface area (Å²) in [5.41, 5.74) is 3.24. The van der Waals surface area contributed by atoms with Crippen LogP contribution in [-0.4, -0.2) is 33.8 Å². The molecule has 0 saturated heterocycles. The highest BCUT2D eigenvalue weighted by Crippen LogP contribution is 2.29. The van der Waals surface area contributed by atoms with Crippen molar-refractivity contribution in [2.75, 3.05) is 0 Å². The van der Waals surface area contributed by atoms with Crippen LogP contribution in [0.4, 0.5) is 0 Å². The average molecular weight is 398 g/mol. The largest absolute Gasteiger partial charge is 0.448 e. The van der Waals surface area contributed by atoms with Crippen LogP contribution in [0.3, 0.4) is 0 Å². The SMILES string of the molecule is Cc1ccc(Cn2nc(C)c3cc(C(=O)O[C@H](C)C(=O)NC4CC4)sc32)cc1. The lowest BCUT2D eigenvalue weighted by atomic mass is 10.1. The zero-order valence-corrected chi connectivity index (χ0v) is 17.0. The van der Waals surface area contributed by atoms with Gasteiger partial charge in [0.1, 0.15) is 9.71 Å². The van der Waals surface area contributed by atoms with Crippen LogP contribution >= 0.6 is 11.3 Å². The van der Waals surface area contributed by atoms with Gasteiger partial charge in [-0.1, -0.05) is 29.8 Å². The molecule has 6 nitrogen and oxygen atoms in total. The fourth-order valence-corrected chi connectivity index (χ4v) is 4.05. The van der Waals surface area contributed by atoms with Crippen LogP contribution < -0.4 is 5.32 Å². The third-order valence-corrected chi connectivity index (χ3v) is 5.97. The Morgan fingerprint density at radius 3 is 2.68 bits per heavy atom. The Hall–Kier alpha value is -2.67. The molecule has 1 aliphatic rings. The van der Waals surface area contributed by atoms with E-state index in [2.05, 4.69) is 41.6 Å². The van der Waals surface area contributed by atoms with Gasteiger partial charge in [0, 0.05) is 11.4 Å². The van der Waals surface area contributed by atoms with Crippen LogP contribution in [0, 0.1) is 13.8 Å². The number of nitrogens with one attached hydrogen (secondary N) is 1. The standard InChI is InChI=1S/C21H23N3O3S/c1-12-4-6-15(7-5-12)11-24-20-17(13(2)23-24)10-18(28-20)21(26)27-14(3)19(25)22-16-8-9-16/h4-7,10,14,16H,8-9,11H2,1-3H3,(H,22,25)/t14-/m1/s1. The van der Waals surface area contributed by atoms with Crippen molar-refractivity contribution in [2.24, 2.45) is 0 Å².